The molecule has 0 atom stereocenters. The Morgan fingerprint density at radius 2 is 1.56 bits per heavy atom. The van der Waals surface area contributed by atoms with Gasteiger partial charge in [0.05, 0.1) is 11.4 Å². The summed E-state index contributed by atoms with van der Waals surface area (Å²) in [6, 6.07) is 20.1. The molecule has 0 bridgehead atoms. The van der Waals surface area contributed by atoms with Crippen LogP contribution in [0.5, 0.6) is 0 Å². The fourth-order valence-electron chi connectivity index (χ4n) is 3.73. The van der Waals surface area contributed by atoms with Gasteiger partial charge in [0.2, 0.25) is 0 Å². The fourth-order valence-corrected chi connectivity index (χ4v) is 3.73. The third kappa shape index (κ3) is 2.94. The molecule has 4 rings (SSSR count). The second kappa shape index (κ2) is 6.37. The second-order valence-corrected chi connectivity index (χ2v) is 6.74. The molecule has 1 amide bonds. The molecule has 0 aliphatic carbocycles. The normalized spacial score (nSPS) is 20.1. The number of piperidine rings is 1. The average molecular weight is 334 g/mol. The number of ether oxygens (including phenoxy) is 1. The van der Waals surface area contributed by atoms with Gasteiger partial charge in [-0.25, -0.2) is 9.69 Å². The van der Waals surface area contributed by atoms with Crippen molar-refractivity contribution in [2.45, 2.75) is 25.0 Å². The maximum absolute atomic E-state index is 12.5. The van der Waals surface area contributed by atoms with E-state index in [1.54, 1.807) is 4.90 Å². The molecule has 2 aliphatic heterocycles. The molecule has 2 aromatic carbocycles. The van der Waals surface area contributed by atoms with E-state index in [0.29, 0.717) is 0 Å². The summed E-state index contributed by atoms with van der Waals surface area (Å²) in [6.45, 7) is 6.93. The molecule has 2 aliphatic rings. The summed E-state index contributed by atoms with van der Waals surface area (Å²) in [7, 11) is 0. The topological polar surface area (TPSA) is 32.8 Å². The van der Waals surface area contributed by atoms with Crippen LogP contribution in [0.15, 0.2) is 72.9 Å². The maximum Gasteiger partial charge on any atom is 0.419 e. The number of rotatable bonds is 3. The molecule has 2 fully saturated rings. The van der Waals surface area contributed by atoms with Crippen LogP contribution in [0.25, 0.3) is 0 Å². The van der Waals surface area contributed by atoms with Crippen molar-refractivity contribution >= 4 is 11.8 Å². The van der Waals surface area contributed by atoms with E-state index in [1.165, 1.54) is 5.56 Å². The SMILES string of the molecule is C=C1N(c2ccccc2)C(=O)OC12CCN(Cc1ccccc1)CC2. The summed E-state index contributed by atoms with van der Waals surface area (Å²) in [4.78, 5) is 16.5. The molecule has 0 unspecified atom stereocenters. The zero-order valence-corrected chi connectivity index (χ0v) is 14.2. The van der Waals surface area contributed by atoms with Gasteiger partial charge >= 0.3 is 6.09 Å². The second-order valence-electron chi connectivity index (χ2n) is 6.74. The van der Waals surface area contributed by atoms with E-state index in [2.05, 4.69) is 35.7 Å². The van der Waals surface area contributed by atoms with E-state index in [4.69, 9.17) is 4.74 Å². The van der Waals surface area contributed by atoms with Crippen LogP contribution in [0.4, 0.5) is 10.5 Å². The Bertz CT molecular complexity index is 765. The van der Waals surface area contributed by atoms with E-state index < -0.39 is 5.60 Å². The van der Waals surface area contributed by atoms with Crippen LogP contribution in [0.3, 0.4) is 0 Å². The van der Waals surface area contributed by atoms with Gasteiger partial charge in [-0.15, -0.1) is 0 Å². The minimum absolute atomic E-state index is 0.312. The predicted molar refractivity (Wildman–Crippen MR) is 98.2 cm³/mol. The first-order valence-corrected chi connectivity index (χ1v) is 8.72. The summed E-state index contributed by atoms with van der Waals surface area (Å²) in [5.74, 6) is 0. The van der Waals surface area contributed by atoms with Gasteiger partial charge < -0.3 is 4.74 Å². The van der Waals surface area contributed by atoms with E-state index >= 15 is 0 Å². The highest BCUT2D eigenvalue weighted by Crippen LogP contribution is 2.42. The molecule has 2 saturated heterocycles. The van der Waals surface area contributed by atoms with Gasteiger partial charge in [0.1, 0.15) is 0 Å². The van der Waals surface area contributed by atoms with E-state index in [1.807, 2.05) is 36.4 Å². The van der Waals surface area contributed by atoms with Crippen molar-refractivity contribution in [3.05, 3.63) is 78.5 Å². The summed E-state index contributed by atoms with van der Waals surface area (Å²) in [5, 5.41) is 0. The van der Waals surface area contributed by atoms with E-state index in [9.17, 15) is 4.79 Å². The van der Waals surface area contributed by atoms with Crippen LogP contribution in [-0.2, 0) is 11.3 Å². The molecular formula is C21H22N2O2. The van der Waals surface area contributed by atoms with Gasteiger partial charge in [0.15, 0.2) is 5.60 Å². The van der Waals surface area contributed by atoms with Gasteiger partial charge in [0, 0.05) is 32.5 Å². The molecule has 0 radical (unpaired) electrons. The van der Waals surface area contributed by atoms with Crippen molar-refractivity contribution in [2.24, 2.45) is 0 Å². The van der Waals surface area contributed by atoms with Crippen molar-refractivity contribution in [3.63, 3.8) is 0 Å². The van der Waals surface area contributed by atoms with Crippen molar-refractivity contribution in [1.29, 1.82) is 0 Å². The minimum Gasteiger partial charge on any atom is -0.436 e. The highest BCUT2D eigenvalue weighted by molar-refractivity contribution is 5.95. The predicted octanol–water partition coefficient (Wildman–Crippen LogP) is 4.19. The van der Waals surface area contributed by atoms with Gasteiger partial charge in [0.25, 0.3) is 0 Å². The Kier molecular flexibility index (Phi) is 4.06. The number of nitrogens with zero attached hydrogens (tertiary/aromatic N) is 2. The van der Waals surface area contributed by atoms with Crippen molar-refractivity contribution in [2.75, 3.05) is 18.0 Å². The Morgan fingerprint density at radius 1 is 0.960 bits per heavy atom. The van der Waals surface area contributed by atoms with Crippen LogP contribution in [0.2, 0.25) is 0 Å². The average Bonchev–Trinajstić information content (AvgIpc) is 2.89. The van der Waals surface area contributed by atoms with Crippen LogP contribution >= 0.6 is 0 Å². The largest absolute Gasteiger partial charge is 0.436 e. The van der Waals surface area contributed by atoms with Gasteiger partial charge in [-0.2, -0.15) is 0 Å². The Balaban J connectivity index is 1.46. The Morgan fingerprint density at radius 3 is 2.20 bits per heavy atom. The molecule has 2 heterocycles. The van der Waals surface area contributed by atoms with Crippen LogP contribution < -0.4 is 4.90 Å². The van der Waals surface area contributed by atoms with E-state index in [0.717, 1.165) is 43.9 Å². The monoisotopic (exact) mass is 334 g/mol. The van der Waals surface area contributed by atoms with E-state index in [-0.39, 0.29) is 6.09 Å². The maximum atomic E-state index is 12.5. The summed E-state index contributed by atoms with van der Waals surface area (Å²) in [6.07, 6.45) is 1.26. The Hall–Kier alpha value is -2.59. The number of anilines is 1. The molecule has 0 aromatic heterocycles. The standard InChI is InChI=1S/C21H22N2O2/c1-17-21(25-20(24)23(17)19-10-6-3-7-11-19)12-14-22(15-13-21)16-18-8-4-2-5-9-18/h2-11H,1,12-16H2. The fraction of sp³-hybridized carbons (Fsp3) is 0.286. The van der Waals surface area contributed by atoms with Crippen LogP contribution in [0.1, 0.15) is 18.4 Å². The molecule has 4 nitrogen and oxygen atoms in total. The summed E-state index contributed by atoms with van der Waals surface area (Å²) in [5.41, 5.74) is 2.34. The third-order valence-electron chi connectivity index (χ3n) is 5.19. The lowest BCUT2D eigenvalue weighted by Gasteiger charge is -2.38. The molecule has 0 saturated carbocycles. The van der Waals surface area contributed by atoms with Gasteiger partial charge in [-0.05, 0) is 17.7 Å². The number of hydrogen-bond acceptors (Lipinski definition) is 3. The van der Waals surface area contributed by atoms with Crippen molar-refractivity contribution in [3.8, 4) is 0 Å². The van der Waals surface area contributed by atoms with Crippen molar-refractivity contribution in [1.82, 2.24) is 4.90 Å². The number of carbonyl (C=O) groups is 1. The molecule has 0 N–H and O–H groups in total. The number of para-hydroxylation sites is 1. The molecule has 4 heteroatoms. The minimum atomic E-state index is -0.555. The summed E-state index contributed by atoms with van der Waals surface area (Å²) < 4.78 is 5.83. The number of amides is 1. The quantitative estimate of drug-likeness (QED) is 0.844. The zero-order valence-electron chi connectivity index (χ0n) is 14.2. The first kappa shape index (κ1) is 15.9. The number of carbonyl (C=O) groups excluding carboxylic acids is 1. The lowest BCUT2D eigenvalue weighted by atomic mass is 9.88. The number of benzene rings is 2. The first-order valence-electron chi connectivity index (χ1n) is 8.72. The third-order valence-corrected chi connectivity index (χ3v) is 5.19. The zero-order chi connectivity index (χ0) is 17.3. The van der Waals surface area contributed by atoms with Crippen molar-refractivity contribution < 1.29 is 9.53 Å². The van der Waals surface area contributed by atoms with Gasteiger partial charge in [-0.3, -0.25) is 4.90 Å². The van der Waals surface area contributed by atoms with Crippen LogP contribution in [-0.4, -0.2) is 29.7 Å². The first-order chi connectivity index (χ1) is 12.2. The highest BCUT2D eigenvalue weighted by atomic mass is 16.6. The Labute approximate surface area is 148 Å². The van der Waals surface area contributed by atoms with Gasteiger partial charge in [-0.1, -0.05) is 55.1 Å². The number of hydrogen-bond donors (Lipinski definition) is 0. The molecular weight excluding hydrogens is 312 g/mol. The summed E-state index contributed by atoms with van der Waals surface area (Å²) >= 11 is 0. The highest BCUT2D eigenvalue weighted by Gasteiger charge is 2.50. The number of likely N-dealkylation sites (tertiary alicyclic amines) is 1. The van der Waals surface area contributed by atoms with Crippen LogP contribution in [0, 0.1) is 0 Å². The lowest BCUT2D eigenvalue weighted by molar-refractivity contribution is 0.0130. The molecule has 2 aromatic rings. The molecule has 1 spiro atoms. The lowest BCUT2D eigenvalue weighted by Crippen LogP contribution is -2.45. The molecule has 25 heavy (non-hydrogen) atoms. The smallest absolute Gasteiger partial charge is 0.419 e. The molecule has 128 valence electrons.